The van der Waals surface area contributed by atoms with Gasteiger partial charge in [-0.3, -0.25) is 4.90 Å². The zero-order chi connectivity index (χ0) is 22.6. The van der Waals surface area contributed by atoms with Crippen LogP contribution in [-0.4, -0.2) is 36.2 Å². The molecule has 0 atom stereocenters. The third-order valence-corrected chi connectivity index (χ3v) is 6.72. The SMILES string of the molecule is Cc1cc(O)ccc1-c1ccc2ccccc2c1Cc1ccc(OCCN2CCCC2)cc1. The molecule has 4 aromatic carbocycles. The molecule has 0 aliphatic carbocycles. The fraction of sp³-hybridized carbons (Fsp3) is 0.267. The number of hydrogen-bond acceptors (Lipinski definition) is 3. The lowest BCUT2D eigenvalue weighted by Gasteiger charge is -2.17. The number of fused-ring (bicyclic) bond motifs is 1. The van der Waals surface area contributed by atoms with Gasteiger partial charge in [-0.05, 0) is 102 Å². The predicted molar refractivity (Wildman–Crippen MR) is 136 cm³/mol. The van der Waals surface area contributed by atoms with Crippen molar-refractivity contribution in [2.75, 3.05) is 26.2 Å². The zero-order valence-electron chi connectivity index (χ0n) is 19.3. The summed E-state index contributed by atoms with van der Waals surface area (Å²) in [6.07, 6.45) is 3.47. The standard InChI is InChI=1S/C30H31NO2/c1-22-20-25(32)11-15-27(22)29-14-10-24-6-2-3-7-28(24)30(29)21-23-8-12-26(13-9-23)33-19-18-31-16-4-5-17-31/h2-3,6-15,20,32H,4-5,16-19,21H2,1H3. The van der Waals surface area contributed by atoms with E-state index < -0.39 is 0 Å². The van der Waals surface area contributed by atoms with E-state index >= 15 is 0 Å². The highest BCUT2D eigenvalue weighted by molar-refractivity contribution is 5.92. The fourth-order valence-corrected chi connectivity index (χ4v) is 4.94. The molecule has 1 N–H and O–H groups in total. The number of benzene rings is 4. The maximum absolute atomic E-state index is 9.90. The maximum Gasteiger partial charge on any atom is 0.119 e. The van der Waals surface area contributed by atoms with Crippen LogP contribution in [0.5, 0.6) is 11.5 Å². The van der Waals surface area contributed by atoms with E-state index in [2.05, 4.69) is 72.5 Å². The second-order valence-corrected chi connectivity index (χ2v) is 9.03. The Hall–Kier alpha value is -3.30. The number of likely N-dealkylation sites (tertiary alicyclic amines) is 1. The molecule has 1 fully saturated rings. The maximum atomic E-state index is 9.90. The molecular weight excluding hydrogens is 406 g/mol. The van der Waals surface area contributed by atoms with Crippen LogP contribution in [-0.2, 0) is 6.42 Å². The van der Waals surface area contributed by atoms with E-state index in [1.807, 2.05) is 12.1 Å². The highest BCUT2D eigenvalue weighted by atomic mass is 16.5. The van der Waals surface area contributed by atoms with Gasteiger partial charge in [0.25, 0.3) is 0 Å². The van der Waals surface area contributed by atoms with Gasteiger partial charge in [0.2, 0.25) is 0 Å². The topological polar surface area (TPSA) is 32.7 Å². The molecule has 0 radical (unpaired) electrons. The van der Waals surface area contributed by atoms with Crippen molar-refractivity contribution in [2.24, 2.45) is 0 Å². The largest absolute Gasteiger partial charge is 0.508 e. The van der Waals surface area contributed by atoms with Gasteiger partial charge < -0.3 is 9.84 Å². The Balaban J connectivity index is 1.40. The molecule has 1 aliphatic rings. The summed E-state index contributed by atoms with van der Waals surface area (Å²) in [6.45, 7) is 6.22. The van der Waals surface area contributed by atoms with Crippen LogP contribution in [0, 0.1) is 6.92 Å². The second kappa shape index (κ2) is 9.68. The summed E-state index contributed by atoms with van der Waals surface area (Å²) in [6, 6.07) is 27.2. The number of phenolic OH excluding ortho intramolecular Hbond substituents is 1. The minimum Gasteiger partial charge on any atom is -0.508 e. The molecule has 4 aromatic rings. The minimum absolute atomic E-state index is 0.305. The first-order valence-corrected chi connectivity index (χ1v) is 11.9. The summed E-state index contributed by atoms with van der Waals surface area (Å²) in [4.78, 5) is 2.47. The van der Waals surface area contributed by atoms with Crippen molar-refractivity contribution < 1.29 is 9.84 Å². The van der Waals surface area contributed by atoms with Crippen molar-refractivity contribution in [3.8, 4) is 22.6 Å². The highest BCUT2D eigenvalue weighted by Gasteiger charge is 2.13. The van der Waals surface area contributed by atoms with Gasteiger partial charge in [-0.25, -0.2) is 0 Å². The molecule has 0 amide bonds. The monoisotopic (exact) mass is 437 g/mol. The first-order chi connectivity index (χ1) is 16.2. The molecule has 0 bridgehead atoms. The Bertz CT molecular complexity index is 1240. The van der Waals surface area contributed by atoms with Crippen molar-refractivity contribution in [2.45, 2.75) is 26.2 Å². The summed E-state index contributed by atoms with van der Waals surface area (Å²) in [7, 11) is 0. The lowest BCUT2D eigenvalue weighted by molar-refractivity contribution is 0.238. The average molecular weight is 438 g/mol. The molecule has 0 aromatic heterocycles. The van der Waals surface area contributed by atoms with Crippen molar-refractivity contribution in [1.29, 1.82) is 0 Å². The van der Waals surface area contributed by atoms with Crippen LogP contribution in [0.1, 0.15) is 29.5 Å². The third-order valence-electron chi connectivity index (χ3n) is 6.72. The highest BCUT2D eigenvalue weighted by Crippen LogP contribution is 2.35. The Morgan fingerprint density at radius 2 is 1.61 bits per heavy atom. The van der Waals surface area contributed by atoms with Gasteiger partial charge in [-0.15, -0.1) is 0 Å². The molecule has 0 unspecified atom stereocenters. The first-order valence-electron chi connectivity index (χ1n) is 11.9. The van der Waals surface area contributed by atoms with Crippen LogP contribution in [0.15, 0.2) is 78.9 Å². The third kappa shape index (κ3) is 4.89. The number of rotatable bonds is 7. The van der Waals surface area contributed by atoms with Gasteiger partial charge in [0.15, 0.2) is 0 Å². The average Bonchev–Trinajstić information content (AvgIpc) is 3.34. The minimum atomic E-state index is 0.305. The number of phenols is 1. The van der Waals surface area contributed by atoms with Crippen LogP contribution >= 0.6 is 0 Å². The molecule has 1 heterocycles. The van der Waals surface area contributed by atoms with Gasteiger partial charge in [0.05, 0.1) is 0 Å². The molecule has 3 nitrogen and oxygen atoms in total. The Morgan fingerprint density at radius 3 is 2.39 bits per heavy atom. The number of ether oxygens (including phenoxy) is 1. The van der Waals surface area contributed by atoms with E-state index in [9.17, 15) is 5.11 Å². The molecule has 0 saturated carbocycles. The van der Waals surface area contributed by atoms with Crippen LogP contribution in [0.2, 0.25) is 0 Å². The summed E-state index contributed by atoms with van der Waals surface area (Å²) in [5, 5.41) is 12.4. The van der Waals surface area contributed by atoms with Crippen molar-refractivity contribution in [3.63, 3.8) is 0 Å². The Kier molecular flexibility index (Phi) is 6.32. The van der Waals surface area contributed by atoms with Crippen molar-refractivity contribution in [1.82, 2.24) is 4.90 Å². The van der Waals surface area contributed by atoms with Crippen LogP contribution < -0.4 is 4.74 Å². The van der Waals surface area contributed by atoms with Gasteiger partial charge in [0.1, 0.15) is 18.1 Å². The Morgan fingerprint density at radius 1 is 0.848 bits per heavy atom. The van der Waals surface area contributed by atoms with E-state index in [0.717, 1.165) is 36.4 Å². The number of hydrogen-bond donors (Lipinski definition) is 1. The van der Waals surface area contributed by atoms with Crippen molar-refractivity contribution >= 4 is 10.8 Å². The van der Waals surface area contributed by atoms with Crippen LogP contribution in [0.25, 0.3) is 21.9 Å². The summed E-state index contributed by atoms with van der Waals surface area (Å²) in [5.74, 6) is 1.24. The molecule has 168 valence electrons. The molecule has 33 heavy (non-hydrogen) atoms. The zero-order valence-corrected chi connectivity index (χ0v) is 19.3. The molecular formula is C30H31NO2. The van der Waals surface area contributed by atoms with Gasteiger partial charge in [0, 0.05) is 6.54 Å². The summed E-state index contributed by atoms with van der Waals surface area (Å²) >= 11 is 0. The van der Waals surface area contributed by atoms with Crippen LogP contribution in [0.4, 0.5) is 0 Å². The second-order valence-electron chi connectivity index (χ2n) is 9.03. The number of aryl methyl sites for hydroxylation is 1. The summed E-state index contributed by atoms with van der Waals surface area (Å²) in [5.41, 5.74) is 6.03. The molecule has 0 spiro atoms. The smallest absolute Gasteiger partial charge is 0.119 e. The van der Waals surface area contributed by atoms with Gasteiger partial charge in [-0.2, -0.15) is 0 Å². The van der Waals surface area contributed by atoms with E-state index in [-0.39, 0.29) is 0 Å². The summed E-state index contributed by atoms with van der Waals surface area (Å²) < 4.78 is 6.00. The molecule has 1 aliphatic heterocycles. The number of nitrogens with zero attached hydrogens (tertiary/aromatic N) is 1. The molecule has 1 saturated heterocycles. The quantitative estimate of drug-likeness (QED) is 0.354. The van der Waals surface area contributed by atoms with E-state index in [1.165, 1.54) is 53.4 Å². The van der Waals surface area contributed by atoms with E-state index in [0.29, 0.717) is 5.75 Å². The fourth-order valence-electron chi connectivity index (χ4n) is 4.94. The van der Waals surface area contributed by atoms with Crippen molar-refractivity contribution in [3.05, 3.63) is 95.6 Å². The Labute approximate surface area is 196 Å². The van der Waals surface area contributed by atoms with Gasteiger partial charge in [-0.1, -0.05) is 54.6 Å². The first kappa shape index (κ1) is 21.5. The lowest BCUT2D eigenvalue weighted by atomic mass is 9.88. The molecule has 5 rings (SSSR count). The lowest BCUT2D eigenvalue weighted by Crippen LogP contribution is -2.25. The van der Waals surface area contributed by atoms with E-state index in [1.54, 1.807) is 6.07 Å². The molecule has 3 heteroatoms. The van der Waals surface area contributed by atoms with Crippen LogP contribution in [0.3, 0.4) is 0 Å². The van der Waals surface area contributed by atoms with E-state index in [4.69, 9.17) is 4.74 Å². The normalized spacial score (nSPS) is 14.1. The number of aromatic hydroxyl groups is 1. The predicted octanol–water partition coefficient (Wildman–Crippen LogP) is 6.59. The van der Waals surface area contributed by atoms with Gasteiger partial charge >= 0.3 is 0 Å².